The average Bonchev–Trinajstić information content (AvgIpc) is 2.66. The normalized spacial score (nSPS) is 10.7. The van der Waals surface area contributed by atoms with Gasteiger partial charge >= 0.3 is 0 Å². The lowest BCUT2D eigenvalue weighted by Gasteiger charge is -2.15. The van der Waals surface area contributed by atoms with E-state index < -0.39 is 0 Å². The van der Waals surface area contributed by atoms with Gasteiger partial charge in [0.2, 0.25) is 5.75 Å². The summed E-state index contributed by atoms with van der Waals surface area (Å²) in [6.45, 7) is 0. The second-order valence-corrected chi connectivity index (χ2v) is 5.93. The summed E-state index contributed by atoms with van der Waals surface area (Å²) in [6.07, 6.45) is 0. The molecule has 0 radical (unpaired) electrons. The number of hydrogen-bond donors (Lipinski definition) is 0. The summed E-state index contributed by atoms with van der Waals surface area (Å²) >= 11 is 0. The minimum atomic E-state index is -0.212. The van der Waals surface area contributed by atoms with Crippen molar-refractivity contribution in [2.45, 2.75) is 0 Å². The van der Waals surface area contributed by atoms with E-state index in [4.69, 9.17) is 18.6 Å². The number of fused-ring (bicyclic) bond motifs is 1. The van der Waals surface area contributed by atoms with Gasteiger partial charge in [-0.05, 0) is 24.3 Å². The molecule has 3 rings (SSSR count). The summed E-state index contributed by atoms with van der Waals surface area (Å²) in [7, 11) is 8.43. The van der Waals surface area contributed by atoms with Gasteiger partial charge in [0.05, 0.1) is 21.3 Å². The Morgan fingerprint density at radius 2 is 1.54 bits per heavy atom. The first-order chi connectivity index (χ1) is 12.5. The van der Waals surface area contributed by atoms with Gasteiger partial charge in [-0.1, -0.05) is 0 Å². The minimum Gasteiger partial charge on any atom is -0.493 e. The molecule has 0 aliphatic carbocycles. The Labute approximate surface area is 151 Å². The highest BCUT2D eigenvalue weighted by Gasteiger charge is 2.20. The van der Waals surface area contributed by atoms with Gasteiger partial charge in [0, 0.05) is 37.5 Å². The van der Waals surface area contributed by atoms with Crippen LogP contribution in [-0.4, -0.2) is 35.4 Å². The Hall–Kier alpha value is -3.15. The second kappa shape index (κ2) is 7.00. The molecule has 0 spiro atoms. The molecule has 1 aromatic heterocycles. The van der Waals surface area contributed by atoms with E-state index in [9.17, 15) is 4.79 Å². The number of benzene rings is 2. The quantitative estimate of drug-likeness (QED) is 0.697. The predicted octanol–water partition coefficient (Wildman–Crippen LogP) is 3.55. The number of nitrogens with zero attached hydrogens (tertiary/aromatic N) is 1. The third-order valence-corrected chi connectivity index (χ3v) is 4.19. The predicted molar refractivity (Wildman–Crippen MR) is 102 cm³/mol. The van der Waals surface area contributed by atoms with Gasteiger partial charge in [0.25, 0.3) is 0 Å². The van der Waals surface area contributed by atoms with Crippen LogP contribution in [0.5, 0.6) is 17.2 Å². The van der Waals surface area contributed by atoms with Gasteiger partial charge in [-0.15, -0.1) is 0 Å². The lowest BCUT2D eigenvalue weighted by atomic mass is 10.1. The van der Waals surface area contributed by atoms with Crippen LogP contribution < -0.4 is 24.5 Å². The largest absolute Gasteiger partial charge is 0.493 e. The molecule has 0 aliphatic rings. The molecule has 3 aromatic rings. The second-order valence-electron chi connectivity index (χ2n) is 5.93. The van der Waals surface area contributed by atoms with Crippen molar-refractivity contribution in [3.63, 3.8) is 0 Å². The zero-order valence-corrected chi connectivity index (χ0v) is 15.5. The molecular weight excluding hydrogens is 334 g/mol. The van der Waals surface area contributed by atoms with Crippen molar-refractivity contribution >= 4 is 16.7 Å². The number of methoxy groups -OCH3 is 3. The Morgan fingerprint density at radius 3 is 2.08 bits per heavy atom. The fourth-order valence-corrected chi connectivity index (χ4v) is 2.85. The van der Waals surface area contributed by atoms with Crippen LogP contribution in [0.1, 0.15) is 0 Å². The van der Waals surface area contributed by atoms with Crippen LogP contribution in [0, 0.1) is 0 Å². The van der Waals surface area contributed by atoms with Crippen molar-refractivity contribution in [2.24, 2.45) is 0 Å². The minimum absolute atomic E-state index is 0.212. The van der Waals surface area contributed by atoms with Crippen molar-refractivity contribution in [3.05, 3.63) is 46.6 Å². The van der Waals surface area contributed by atoms with Crippen molar-refractivity contribution in [3.8, 4) is 28.6 Å². The topological polar surface area (TPSA) is 61.1 Å². The van der Waals surface area contributed by atoms with Gasteiger partial charge in [0.15, 0.2) is 16.9 Å². The zero-order valence-electron chi connectivity index (χ0n) is 15.5. The summed E-state index contributed by atoms with van der Waals surface area (Å²) < 4.78 is 22.1. The average molecular weight is 355 g/mol. The summed E-state index contributed by atoms with van der Waals surface area (Å²) in [5.41, 5.74) is 2.03. The smallest absolute Gasteiger partial charge is 0.204 e. The van der Waals surface area contributed by atoms with E-state index in [-0.39, 0.29) is 5.43 Å². The standard InChI is InChI=1S/C20H21NO5/c1-21(2)13-8-6-12(7-9-13)15-10-14(22)18-16(26-15)11-17(23-3)19(24-4)20(18)25-5/h6-11H,1-5H3. The molecule has 0 N–H and O–H groups in total. The SMILES string of the molecule is COc1cc2oc(-c3ccc(N(C)C)cc3)cc(=O)c2c(OC)c1OC. The van der Waals surface area contributed by atoms with Crippen molar-refractivity contribution in [1.29, 1.82) is 0 Å². The molecule has 26 heavy (non-hydrogen) atoms. The van der Waals surface area contributed by atoms with Crippen molar-refractivity contribution in [2.75, 3.05) is 40.3 Å². The highest BCUT2D eigenvalue weighted by Crippen LogP contribution is 2.42. The van der Waals surface area contributed by atoms with E-state index >= 15 is 0 Å². The summed E-state index contributed by atoms with van der Waals surface area (Å²) in [5.74, 6) is 1.56. The number of anilines is 1. The van der Waals surface area contributed by atoms with Crippen molar-refractivity contribution < 1.29 is 18.6 Å². The summed E-state index contributed by atoms with van der Waals surface area (Å²) in [6, 6.07) is 10.9. The van der Waals surface area contributed by atoms with Gasteiger partial charge in [-0.25, -0.2) is 0 Å². The van der Waals surface area contributed by atoms with E-state index in [1.165, 1.54) is 27.4 Å². The van der Waals surface area contributed by atoms with Crippen LogP contribution in [0.3, 0.4) is 0 Å². The third-order valence-electron chi connectivity index (χ3n) is 4.19. The van der Waals surface area contributed by atoms with Gasteiger partial charge in [0.1, 0.15) is 16.7 Å². The molecular formula is C20H21NO5. The maximum atomic E-state index is 12.8. The van der Waals surface area contributed by atoms with Crippen LogP contribution in [0.25, 0.3) is 22.3 Å². The summed E-state index contributed by atoms with van der Waals surface area (Å²) in [4.78, 5) is 14.8. The Morgan fingerprint density at radius 1 is 0.885 bits per heavy atom. The molecule has 0 atom stereocenters. The number of rotatable bonds is 5. The van der Waals surface area contributed by atoms with Crippen LogP contribution >= 0.6 is 0 Å². The molecule has 0 bridgehead atoms. The Kier molecular flexibility index (Phi) is 4.75. The van der Waals surface area contributed by atoms with E-state index in [0.717, 1.165) is 11.3 Å². The van der Waals surface area contributed by atoms with Crippen LogP contribution in [0.15, 0.2) is 45.6 Å². The number of ether oxygens (including phenoxy) is 3. The lowest BCUT2D eigenvalue weighted by Crippen LogP contribution is -2.08. The van der Waals surface area contributed by atoms with Gasteiger partial charge in [-0.3, -0.25) is 4.79 Å². The fraction of sp³-hybridized carbons (Fsp3) is 0.250. The first-order valence-corrected chi connectivity index (χ1v) is 8.04. The van der Waals surface area contributed by atoms with E-state index in [1.54, 1.807) is 6.07 Å². The molecule has 2 aromatic carbocycles. The highest BCUT2D eigenvalue weighted by atomic mass is 16.5. The monoisotopic (exact) mass is 355 g/mol. The van der Waals surface area contributed by atoms with Crippen LogP contribution in [0.4, 0.5) is 5.69 Å². The Balaban J connectivity index is 2.23. The Bertz CT molecular complexity index is 990. The molecule has 1 heterocycles. The van der Waals surface area contributed by atoms with Gasteiger partial charge < -0.3 is 23.5 Å². The first kappa shape index (κ1) is 17.7. The van der Waals surface area contributed by atoms with E-state index in [1.807, 2.05) is 43.3 Å². The number of hydrogen-bond acceptors (Lipinski definition) is 6. The fourth-order valence-electron chi connectivity index (χ4n) is 2.85. The zero-order chi connectivity index (χ0) is 18.8. The maximum Gasteiger partial charge on any atom is 0.204 e. The molecule has 0 unspecified atom stereocenters. The first-order valence-electron chi connectivity index (χ1n) is 8.04. The molecule has 136 valence electrons. The molecule has 6 nitrogen and oxygen atoms in total. The maximum absolute atomic E-state index is 12.8. The molecule has 0 amide bonds. The highest BCUT2D eigenvalue weighted by molar-refractivity contribution is 5.90. The van der Waals surface area contributed by atoms with Crippen LogP contribution in [0.2, 0.25) is 0 Å². The molecule has 0 aliphatic heterocycles. The third kappa shape index (κ3) is 2.94. The molecule has 6 heteroatoms. The molecule has 0 fully saturated rings. The molecule has 0 saturated carbocycles. The van der Waals surface area contributed by atoms with Gasteiger partial charge in [-0.2, -0.15) is 0 Å². The van der Waals surface area contributed by atoms with Crippen LogP contribution in [-0.2, 0) is 0 Å². The van der Waals surface area contributed by atoms with E-state index in [0.29, 0.717) is 34.0 Å². The van der Waals surface area contributed by atoms with E-state index in [2.05, 4.69) is 0 Å². The summed E-state index contributed by atoms with van der Waals surface area (Å²) in [5, 5.41) is 0.318. The van der Waals surface area contributed by atoms with Crippen molar-refractivity contribution in [1.82, 2.24) is 0 Å². The lowest BCUT2D eigenvalue weighted by molar-refractivity contribution is 0.326. The molecule has 0 saturated heterocycles.